The van der Waals surface area contributed by atoms with E-state index in [-0.39, 0.29) is 5.92 Å². The third-order valence-corrected chi connectivity index (χ3v) is 3.18. The zero-order chi connectivity index (χ0) is 13.8. The summed E-state index contributed by atoms with van der Waals surface area (Å²) in [6.45, 7) is 2.11. The topological polar surface area (TPSA) is 53.1 Å². The molecule has 4 nitrogen and oxygen atoms in total. The lowest BCUT2D eigenvalue weighted by Gasteiger charge is -2.04. The highest BCUT2D eigenvalue weighted by molar-refractivity contribution is 5.77. The van der Waals surface area contributed by atoms with Crippen molar-refractivity contribution in [3.8, 4) is 0 Å². The average molecular weight is 264 g/mol. The van der Waals surface area contributed by atoms with Gasteiger partial charge in [0.1, 0.15) is 0 Å². The van der Waals surface area contributed by atoms with Crippen LogP contribution in [-0.4, -0.2) is 16.2 Å². The van der Waals surface area contributed by atoms with Crippen LogP contribution >= 0.6 is 0 Å². The van der Waals surface area contributed by atoms with E-state index in [2.05, 4.69) is 39.6 Å². The highest BCUT2D eigenvalue weighted by Gasteiger charge is 2.02. The van der Waals surface area contributed by atoms with Crippen LogP contribution in [0.1, 0.15) is 18.4 Å². The molecule has 0 bridgehead atoms. The molecule has 0 spiro atoms. The summed E-state index contributed by atoms with van der Waals surface area (Å²) in [5.41, 5.74) is 6.11. The summed E-state index contributed by atoms with van der Waals surface area (Å²) in [5, 5.41) is 4.24. The van der Waals surface area contributed by atoms with Gasteiger partial charge in [-0.2, -0.15) is 5.10 Å². The van der Waals surface area contributed by atoms with Crippen molar-refractivity contribution < 1.29 is 0 Å². The highest BCUT2D eigenvalue weighted by atomic mass is 15.3. The SMILES string of the molecule is C[C@H](/C=N\Nc1nc2ccccc2[nH]1)c1ccccc1. The van der Waals surface area contributed by atoms with E-state index in [0.29, 0.717) is 5.95 Å². The largest absolute Gasteiger partial charge is 0.323 e. The average Bonchev–Trinajstić information content (AvgIpc) is 2.90. The van der Waals surface area contributed by atoms with Gasteiger partial charge in [-0.25, -0.2) is 10.4 Å². The highest BCUT2D eigenvalue weighted by Crippen LogP contribution is 2.14. The molecule has 3 aromatic rings. The van der Waals surface area contributed by atoms with Gasteiger partial charge in [0.05, 0.1) is 11.0 Å². The Kier molecular flexibility index (Phi) is 3.46. The smallest absolute Gasteiger partial charge is 0.222 e. The lowest BCUT2D eigenvalue weighted by atomic mass is 10.0. The van der Waals surface area contributed by atoms with E-state index in [1.54, 1.807) is 0 Å². The lowest BCUT2D eigenvalue weighted by Crippen LogP contribution is -1.98. The first-order valence-electron chi connectivity index (χ1n) is 6.62. The molecule has 0 saturated heterocycles. The van der Waals surface area contributed by atoms with E-state index in [1.165, 1.54) is 5.56 Å². The second kappa shape index (κ2) is 5.57. The van der Waals surface area contributed by atoms with Crippen LogP contribution in [0.2, 0.25) is 0 Å². The van der Waals surface area contributed by atoms with Crippen molar-refractivity contribution in [2.24, 2.45) is 5.10 Å². The molecule has 3 rings (SSSR count). The summed E-state index contributed by atoms with van der Waals surface area (Å²) in [4.78, 5) is 7.57. The quantitative estimate of drug-likeness (QED) is 0.557. The summed E-state index contributed by atoms with van der Waals surface area (Å²) in [7, 11) is 0. The number of hydrazone groups is 1. The van der Waals surface area contributed by atoms with Gasteiger partial charge in [-0.15, -0.1) is 0 Å². The van der Waals surface area contributed by atoms with Gasteiger partial charge < -0.3 is 4.98 Å². The number of fused-ring (bicyclic) bond motifs is 1. The maximum absolute atomic E-state index is 4.40. The van der Waals surface area contributed by atoms with Gasteiger partial charge in [0.15, 0.2) is 0 Å². The number of hydrogen-bond acceptors (Lipinski definition) is 3. The molecule has 2 N–H and O–H groups in total. The molecule has 1 atom stereocenters. The number of nitrogens with one attached hydrogen (secondary N) is 2. The van der Waals surface area contributed by atoms with E-state index in [4.69, 9.17) is 0 Å². The number of nitrogens with zero attached hydrogens (tertiary/aromatic N) is 2. The number of imidazole rings is 1. The summed E-state index contributed by atoms with van der Waals surface area (Å²) < 4.78 is 0. The molecule has 0 aliphatic heterocycles. The third kappa shape index (κ3) is 2.69. The zero-order valence-corrected chi connectivity index (χ0v) is 11.2. The van der Waals surface area contributed by atoms with Crippen LogP contribution in [-0.2, 0) is 0 Å². The van der Waals surface area contributed by atoms with E-state index < -0.39 is 0 Å². The zero-order valence-electron chi connectivity index (χ0n) is 11.2. The van der Waals surface area contributed by atoms with Gasteiger partial charge in [0.2, 0.25) is 5.95 Å². The molecule has 0 radical (unpaired) electrons. The van der Waals surface area contributed by atoms with Crippen LogP contribution in [0.25, 0.3) is 11.0 Å². The number of benzene rings is 2. The summed E-state index contributed by atoms with van der Waals surface area (Å²) >= 11 is 0. The van der Waals surface area contributed by atoms with Crippen molar-refractivity contribution in [3.63, 3.8) is 0 Å². The molecule has 0 unspecified atom stereocenters. The fourth-order valence-corrected chi connectivity index (χ4v) is 2.06. The van der Waals surface area contributed by atoms with E-state index in [1.807, 2.05) is 48.7 Å². The van der Waals surface area contributed by atoms with Gasteiger partial charge in [0, 0.05) is 12.1 Å². The van der Waals surface area contributed by atoms with E-state index in [9.17, 15) is 0 Å². The number of rotatable bonds is 4. The predicted octanol–water partition coefficient (Wildman–Crippen LogP) is 3.76. The molecule has 0 saturated carbocycles. The maximum Gasteiger partial charge on any atom is 0.222 e. The Hall–Kier alpha value is -2.62. The second-order valence-corrected chi connectivity index (χ2v) is 4.69. The van der Waals surface area contributed by atoms with Gasteiger partial charge >= 0.3 is 0 Å². The number of aromatic amines is 1. The van der Waals surface area contributed by atoms with Crippen molar-refractivity contribution in [2.45, 2.75) is 12.8 Å². The summed E-state index contributed by atoms with van der Waals surface area (Å²) in [6.07, 6.45) is 1.88. The fraction of sp³-hybridized carbons (Fsp3) is 0.125. The van der Waals surface area contributed by atoms with Crippen LogP contribution in [0, 0.1) is 0 Å². The minimum Gasteiger partial charge on any atom is -0.323 e. The Morgan fingerprint density at radius 3 is 2.65 bits per heavy atom. The van der Waals surface area contributed by atoms with Gasteiger partial charge in [-0.1, -0.05) is 49.4 Å². The molecule has 20 heavy (non-hydrogen) atoms. The summed E-state index contributed by atoms with van der Waals surface area (Å²) in [5.74, 6) is 0.913. The monoisotopic (exact) mass is 264 g/mol. The fourth-order valence-electron chi connectivity index (χ4n) is 2.06. The Balaban J connectivity index is 1.68. The normalized spacial score (nSPS) is 12.8. The summed E-state index contributed by atoms with van der Waals surface area (Å²) in [6, 6.07) is 18.2. The van der Waals surface area contributed by atoms with E-state index >= 15 is 0 Å². The standard InChI is InChI=1S/C16H16N4/c1-12(13-7-3-2-4-8-13)11-17-20-16-18-14-9-5-6-10-15(14)19-16/h2-12H,1H3,(H2,18,19,20)/b17-11-/t12-/m1/s1. The van der Waals surface area contributed by atoms with Crippen LogP contribution in [0.3, 0.4) is 0 Å². The molecule has 0 amide bonds. The first-order chi connectivity index (χ1) is 9.83. The van der Waals surface area contributed by atoms with Crippen molar-refractivity contribution in [1.29, 1.82) is 0 Å². The second-order valence-electron chi connectivity index (χ2n) is 4.69. The minimum atomic E-state index is 0.257. The molecule has 1 aromatic heterocycles. The molecule has 1 heterocycles. The van der Waals surface area contributed by atoms with E-state index in [0.717, 1.165) is 11.0 Å². The first kappa shape index (κ1) is 12.4. The molecule has 0 aliphatic rings. The number of H-pyrrole nitrogens is 1. The molecular formula is C16H16N4. The molecule has 2 aromatic carbocycles. The lowest BCUT2D eigenvalue weighted by molar-refractivity contribution is 1.03. The van der Waals surface area contributed by atoms with Crippen LogP contribution in [0.5, 0.6) is 0 Å². The van der Waals surface area contributed by atoms with Gasteiger partial charge in [-0.05, 0) is 17.7 Å². The Morgan fingerprint density at radius 1 is 1.10 bits per heavy atom. The molecule has 100 valence electrons. The van der Waals surface area contributed by atoms with Crippen molar-refractivity contribution in [2.75, 3.05) is 5.43 Å². The first-order valence-corrected chi connectivity index (χ1v) is 6.62. The molecular weight excluding hydrogens is 248 g/mol. The number of hydrogen-bond donors (Lipinski definition) is 2. The number of aromatic nitrogens is 2. The number of anilines is 1. The van der Waals surface area contributed by atoms with Gasteiger partial charge in [-0.3, -0.25) is 0 Å². The van der Waals surface area contributed by atoms with Gasteiger partial charge in [0.25, 0.3) is 0 Å². The Labute approximate surface area is 117 Å². The van der Waals surface area contributed by atoms with Crippen LogP contribution in [0.15, 0.2) is 59.7 Å². The number of para-hydroxylation sites is 2. The van der Waals surface area contributed by atoms with Crippen molar-refractivity contribution in [1.82, 2.24) is 9.97 Å². The van der Waals surface area contributed by atoms with Crippen molar-refractivity contribution >= 4 is 23.2 Å². The maximum atomic E-state index is 4.40. The molecule has 0 aliphatic carbocycles. The van der Waals surface area contributed by atoms with Crippen LogP contribution < -0.4 is 5.43 Å². The minimum absolute atomic E-state index is 0.257. The molecule has 0 fully saturated rings. The Morgan fingerprint density at radius 2 is 1.85 bits per heavy atom. The third-order valence-electron chi connectivity index (χ3n) is 3.18. The predicted molar refractivity (Wildman–Crippen MR) is 83.1 cm³/mol. The molecule has 4 heteroatoms. The van der Waals surface area contributed by atoms with Crippen LogP contribution in [0.4, 0.5) is 5.95 Å². The Bertz CT molecular complexity index is 682. The van der Waals surface area contributed by atoms with Crippen molar-refractivity contribution in [3.05, 3.63) is 60.2 Å².